The highest BCUT2D eigenvalue weighted by atomic mass is 35.5. The van der Waals surface area contributed by atoms with E-state index in [4.69, 9.17) is 27.9 Å². The number of hydrogen-bond acceptors (Lipinski definition) is 5. The van der Waals surface area contributed by atoms with Gasteiger partial charge in [0.2, 0.25) is 10.0 Å². The number of ether oxygens (including phenoxy) is 1. The summed E-state index contributed by atoms with van der Waals surface area (Å²) in [6.07, 6.45) is 1.61. The second-order valence-electron chi connectivity index (χ2n) is 5.53. The van der Waals surface area contributed by atoms with Gasteiger partial charge in [0.1, 0.15) is 0 Å². The first-order valence-electron chi connectivity index (χ1n) is 7.34. The van der Waals surface area contributed by atoms with Crippen molar-refractivity contribution in [2.45, 2.75) is 29.7 Å². The number of anilines is 1. The molecule has 0 aliphatic rings. The molecular weight excluding hydrogens is 403 g/mol. The Hall–Kier alpha value is -1.15. The van der Waals surface area contributed by atoms with Crippen LogP contribution in [0.15, 0.2) is 35.4 Å². The van der Waals surface area contributed by atoms with Crippen LogP contribution in [0.4, 0.5) is 5.82 Å². The van der Waals surface area contributed by atoms with E-state index in [2.05, 4.69) is 23.6 Å². The van der Waals surface area contributed by atoms with E-state index in [1.165, 1.54) is 7.11 Å². The molecule has 0 saturated carbocycles. The minimum absolute atomic E-state index is 0.142. The van der Waals surface area contributed by atoms with Gasteiger partial charge >= 0.3 is 0 Å². The van der Waals surface area contributed by atoms with Gasteiger partial charge in [-0.05, 0) is 29.8 Å². The van der Waals surface area contributed by atoms with Crippen molar-refractivity contribution in [2.75, 3.05) is 11.8 Å². The van der Waals surface area contributed by atoms with Crippen molar-refractivity contribution >= 4 is 50.8 Å². The van der Waals surface area contributed by atoms with E-state index in [0.29, 0.717) is 26.6 Å². The molecule has 2 rings (SSSR count). The molecule has 1 N–H and O–H groups in total. The number of rotatable bonds is 7. The van der Waals surface area contributed by atoms with Gasteiger partial charge in [-0.25, -0.2) is 13.4 Å². The Morgan fingerprint density at radius 2 is 1.84 bits per heavy atom. The summed E-state index contributed by atoms with van der Waals surface area (Å²) in [5, 5.41) is 1.13. The highest BCUT2D eigenvalue weighted by Gasteiger charge is 2.17. The van der Waals surface area contributed by atoms with Gasteiger partial charge < -0.3 is 4.74 Å². The molecular formula is C16H18Cl2N2O3S2. The number of methoxy groups -OCH3 is 1. The van der Waals surface area contributed by atoms with Crippen LogP contribution in [0.5, 0.6) is 5.75 Å². The van der Waals surface area contributed by atoms with E-state index in [0.717, 1.165) is 4.90 Å². The average molecular weight is 421 g/mol. The Balaban J connectivity index is 2.21. The lowest BCUT2D eigenvalue weighted by atomic mass is 10.2. The summed E-state index contributed by atoms with van der Waals surface area (Å²) in [6, 6.07) is 6.41. The molecule has 1 aromatic heterocycles. The molecule has 1 aromatic carbocycles. The van der Waals surface area contributed by atoms with Crippen molar-refractivity contribution in [3.8, 4) is 5.75 Å². The third-order valence-electron chi connectivity index (χ3n) is 2.95. The average Bonchev–Trinajstić information content (AvgIpc) is 2.46. The SMILES string of the molecule is COc1cc(SC(C)C)cnc1NS(=O)(=O)Cc1cc(Cl)cc(Cl)c1. The number of sulfonamides is 1. The van der Waals surface area contributed by atoms with Crippen LogP contribution in [-0.2, 0) is 15.8 Å². The lowest BCUT2D eigenvalue weighted by Crippen LogP contribution is -2.16. The summed E-state index contributed by atoms with van der Waals surface area (Å²) in [5.41, 5.74) is 0.482. The van der Waals surface area contributed by atoms with Gasteiger partial charge in [-0.1, -0.05) is 37.0 Å². The fourth-order valence-corrected chi connectivity index (χ4v) is 4.62. The molecule has 0 atom stereocenters. The molecule has 1 heterocycles. The van der Waals surface area contributed by atoms with Crippen molar-refractivity contribution < 1.29 is 13.2 Å². The first-order chi connectivity index (χ1) is 11.7. The van der Waals surface area contributed by atoms with Gasteiger partial charge in [-0.15, -0.1) is 11.8 Å². The van der Waals surface area contributed by atoms with E-state index in [-0.39, 0.29) is 11.6 Å². The topological polar surface area (TPSA) is 68.3 Å². The number of benzene rings is 1. The first kappa shape index (κ1) is 20.2. The summed E-state index contributed by atoms with van der Waals surface area (Å²) in [4.78, 5) is 5.08. The standard InChI is InChI=1S/C16H18Cl2N2O3S2/c1-10(2)24-14-7-15(23-3)16(19-8-14)20-25(21,22)9-11-4-12(17)6-13(18)5-11/h4-8,10H,9H2,1-3H3,(H,19,20). The molecule has 0 unspecified atom stereocenters. The summed E-state index contributed by atoms with van der Waals surface area (Å²) in [6.45, 7) is 4.12. The van der Waals surface area contributed by atoms with Crippen LogP contribution in [-0.4, -0.2) is 25.8 Å². The van der Waals surface area contributed by atoms with E-state index < -0.39 is 10.0 Å². The van der Waals surface area contributed by atoms with Crippen LogP contribution >= 0.6 is 35.0 Å². The highest BCUT2D eigenvalue weighted by molar-refractivity contribution is 7.99. The lowest BCUT2D eigenvalue weighted by molar-refractivity contribution is 0.414. The zero-order valence-corrected chi connectivity index (χ0v) is 17.1. The van der Waals surface area contributed by atoms with Gasteiger partial charge in [-0.2, -0.15) is 0 Å². The van der Waals surface area contributed by atoms with Crippen LogP contribution in [0, 0.1) is 0 Å². The van der Waals surface area contributed by atoms with Crippen LogP contribution in [0.25, 0.3) is 0 Å². The number of aromatic nitrogens is 1. The molecule has 2 aromatic rings. The molecule has 5 nitrogen and oxygen atoms in total. The van der Waals surface area contributed by atoms with Crippen molar-refractivity contribution in [1.82, 2.24) is 4.98 Å². The molecule has 25 heavy (non-hydrogen) atoms. The fourth-order valence-electron chi connectivity index (χ4n) is 2.09. The Kier molecular flexibility index (Phi) is 6.85. The molecule has 0 amide bonds. The number of pyridine rings is 1. The zero-order chi connectivity index (χ0) is 18.6. The minimum Gasteiger partial charge on any atom is -0.493 e. The number of nitrogens with zero attached hydrogens (tertiary/aromatic N) is 1. The normalized spacial score (nSPS) is 11.6. The van der Waals surface area contributed by atoms with Gasteiger partial charge in [0.05, 0.1) is 12.9 Å². The van der Waals surface area contributed by atoms with Crippen molar-refractivity contribution in [1.29, 1.82) is 0 Å². The van der Waals surface area contributed by atoms with Gasteiger partial charge in [-0.3, -0.25) is 4.72 Å². The van der Waals surface area contributed by atoms with Gasteiger partial charge in [0, 0.05) is 26.4 Å². The number of hydrogen-bond donors (Lipinski definition) is 1. The Morgan fingerprint density at radius 1 is 1.20 bits per heavy atom. The largest absolute Gasteiger partial charge is 0.493 e. The van der Waals surface area contributed by atoms with Gasteiger partial charge in [0.25, 0.3) is 0 Å². The molecule has 0 radical (unpaired) electrons. The molecule has 0 aliphatic heterocycles. The maximum absolute atomic E-state index is 12.4. The number of nitrogens with one attached hydrogen (secondary N) is 1. The predicted molar refractivity (Wildman–Crippen MR) is 104 cm³/mol. The fraction of sp³-hybridized carbons (Fsp3) is 0.312. The van der Waals surface area contributed by atoms with Crippen LogP contribution < -0.4 is 9.46 Å². The number of thioether (sulfide) groups is 1. The van der Waals surface area contributed by atoms with Crippen LogP contribution in [0.1, 0.15) is 19.4 Å². The maximum Gasteiger partial charge on any atom is 0.238 e. The predicted octanol–water partition coefficient (Wildman–Crippen LogP) is 4.84. The van der Waals surface area contributed by atoms with Crippen molar-refractivity contribution in [3.63, 3.8) is 0 Å². The van der Waals surface area contributed by atoms with Crippen molar-refractivity contribution in [3.05, 3.63) is 46.1 Å². The van der Waals surface area contributed by atoms with E-state index in [9.17, 15) is 8.42 Å². The molecule has 9 heteroatoms. The summed E-state index contributed by atoms with van der Waals surface area (Å²) in [5.74, 6) is 0.225. The first-order valence-corrected chi connectivity index (χ1v) is 10.6. The third-order valence-corrected chi connectivity index (χ3v) is 5.57. The molecule has 0 fully saturated rings. The number of halogens is 2. The molecule has 0 bridgehead atoms. The molecule has 0 aliphatic carbocycles. The van der Waals surface area contributed by atoms with Crippen LogP contribution in [0.3, 0.4) is 0 Å². The summed E-state index contributed by atoms with van der Waals surface area (Å²) in [7, 11) is -2.24. The van der Waals surface area contributed by atoms with E-state index in [1.54, 1.807) is 42.2 Å². The third kappa shape index (κ3) is 6.26. The Labute approximate surface area is 162 Å². The highest BCUT2D eigenvalue weighted by Crippen LogP contribution is 2.31. The summed E-state index contributed by atoms with van der Waals surface area (Å²) >= 11 is 13.4. The van der Waals surface area contributed by atoms with Crippen molar-refractivity contribution in [2.24, 2.45) is 0 Å². The van der Waals surface area contributed by atoms with Crippen LogP contribution in [0.2, 0.25) is 10.0 Å². The lowest BCUT2D eigenvalue weighted by Gasteiger charge is -2.13. The monoisotopic (exact) mass is 420 g/mol. The molecule has 0 saturated heterocycles. The maximum atomic E-state index is 12.4. The Bertz CT molecular complexity index is 838. The second kappa shape index (κ2) is 8.49. The zero-order valence-electron chi connectivity index (χ0n) is 13.9. The minimum atomic E-state index is -3.71. The van der Waals surface area contributed by atoms with Gasteiger partial charge in [0.15, 0.2) is 11.6 Å². The molecule has 0 spiro atoms. The van der Waals surface area contributed by atoms with E-state index in [1.807, 2.05) is 0 Å². The Morgan fingerprint density at radius 3 is 2.40 bits per heavy atom. The second-order valence-corrected chi connectivity index (χ2v) is 9.77. The summed E-state index contributed by atoms with van der Waals surface area (Å²) < 4.78 is 32.6. The van der Waals surface area contributed by atoms with E-state index >= 15 is 0 Å². The molecule has 136 valence electrons. The quantitative estimate of drug-likeness (QED) is 0.648. The smallest absolute Gasteiger partial charge is 0.238 e.